The van der Waals surface area contributed by atoms with E-state index >= 15 is 0 Å². The van der Waals surface area contributed by atoms with Gasteiger partial charge in [0.1, 0.15) is 11.8 Å². The maximum Gasteiger partial charge on any atom is 0.322 e. The number of hydrogen-bond acceptors (Lipinski definition) is 4. The highest BCUT2D eigenvalue weighted by atomic mass is 16.5. The van der Waals surface area contributed by atoms with Gasteiger partial charge in [0, 0.05) is 19.3 Å². The van der Waals surface area contributed by atoms with Crippen molar-refractivity contribution in [3.63, 3.8) is 0 Å². The first-order valence-corrected chi connectivity index (χ1v) is 6.13. The second-order valence-electron chi connectivity index (χ2n) is 4.82. The number of rotatable bonds is 5. The van der Waals surface area contributed by atoms with Crippen LogP contribution in [0.15, 0.2) is 6.07 Å². The number of carboxylic acids is 1. The summed E-state index contributed by atoms with van der Waals surface area (Å²) in [5.74, 6) is -0.151. The SMILES string of the molecule is COc1cc(C)c(N(C)CC(N)C(=O)O)c(C)c1C. The van der Waals surface area contributed by atoms with Crippen molar-refractivity contribution in [2.75, 3.05) is 25.6 Å². The molecule has 19 heavy (non-hydrogen) atoms. The summed E-state index contributed by atoms with van der Waals surface area (Å²) in [5, 5.41) is 8.88. The lowest BCUT2D eigenvalue weighted by molar-refractivity contribution is -0.138. The van der Waals surface area contributed by atoms with Crippen LogP contribution in [-0.2, 0) is 4.79 Å². The highest BCUT2D eigenvalue weighted by Crippen LogP contribution is 2.33. The maximum absolute atomic E-state index is 10.8. The van der Waals surface area contributed by atoms with Gasteiger partial charge >= 0.3 is 5.97 Å². The van der Waals surface area contributed by atoms with Gasteiger partial charge in [0.2, 0.25) is 0 Å². The van der Waals surface area contributed by atoms with Crippen LogP contribution in [0.1, 0.15) is 16.7 Å². The van der Waals surface area contributed by atoms with Gasteiger partial charge in [-0.1, -0.05) is 0 Å². The van der Waals surface area contributed by atoms with Crippen LogP contribution < -0.4 is 15.4 Å². The van der Waals surface area contributed by atoms with Crippen molar-refractivity contribution in [3.8, 4) is 5.75 Å². The van der Waals surface area contributed by atoms with Crippen LogP contribution in [0, 0.1) is 20.8 Å². The number of nitrogens with two attached hydrogens (primary N) is 1. The molecule has 1 rings (SSSR count). The molecule has 0 amide bonds. The molecular formula is C14H22N2O3. The van der Waals surface area contributed by atoms with E-state index in [0.717, 1.165) is 28.1 Å². The Labute approximate surface area is 114 Å². The van der Waals surface area contributed by atoms with Crippen LogP contribution in [0.3, 0.4) is 0 Å². The zero-order valence-corrected chi connectivity index (χ0v) is 12.2. The van der Waals surface area contributed by atoms with Crippen LogP contribution in [0.4, 0.5) is 5.69 Å². The molecule has 0 bridgehead atoms. The summed E-state index contributed by atoms with van der Waals surface area (Å²) in [7, 11) is 3.50. The van der Waals surface area contributed by atoms with Crippen molar-refractivity contribution in [3.05, 3.63) is 22.8 Å². The molecule has 5 nitrogen and oxygen atoms in total. The molecule has 0 radical (unpaired) electrons. The Kier molecular flexibility index (Phi) is 4.78. The smallest absolute Gasteiger partial charge is 0.322 e. The fourth-order valence-corrected chi connectivity index (χ4v) is 2.30. The first kappa shape index (κ1) is 15.3. The van der Waals surface area contributed by atoms with E-state index in [1.165, 1.54) is 0 Å². The third kappa shape index (κ3) is 3.17. The van der Waals surface area contributed by atoms with Crippen LogP contribution >= 0.6 is 0 Å². The number of carbonyl (C=O) groups is 1. The Morgan fingerprint density at radius 3 is 2.47 bits per heavy atom. The van der Waals surface area contributed by atoms with Gasteiger partial charge in [0.15, 0.2) is 0 Å². The van der Waals surface area contributed by atoms with E-state index < -0.39 is 12.0 Å². The van der Waals surface area contributed by atoms with Crippen molar-refractivity contribution in [2.45, 2.75) is 26.8 Å². The van der Waals surface area contributed by atoms with Crippen molar-refractivity contribution in [1.82, 2.24) is 0 Å². The minimum atomic E-state index is -0.993. The Hall–Kier alpha value is -1.75. The van der Waals surface area contributed by atoms with Gasteiger partial charge in [0.05, 0.1) is 7.11 Å². The third-order valence-electron chi connectivity index (χ3n) is 3.40. The predicted molar refractivity (Wildman–Crippen MR) is 76.1 cm³/mol. The molecule has 0 saturated heterocycles. The molecule has 106 valence electrons. The number of aryl methyl sites for hydroxylation is 1. The average Bonchev–Trinajstić information content (AvgIpc) is 2.33. The molecular weight excluding hydrogens is 244 g/mol. The highest BCUT2D eigenvalue weighted by Gasteiger charge is 2.18. The molecule has 3 N–H and O–H groups in total. The van der Waals surface area contributed by atoms with Crippen molar-refractivity contribution in [2.24, 2.45) is 5.73 Å². The summed E-state index contributed by atoms with van der Waals surface area (Å²) in [5.41, 5.74) is 9.77. The van der Waals surface area contributed by atoms with Crippen LogP contribution in [0.25, 0.3) is 0 Å². The summed E-state index contributed by atoms with van der Waals surface area (Å²) in [6, 6.07) is 1.06. The fourth-order valence-electron chi connectivity index (χ4n) is 2.30. The number of benzene rings is 1. The lowest BCUT2D eigenvalue weighted by Crippen LogP contribution is -2.41. The second-order valence-corrected chi connectivity index (χ2v) is 4.82. The average molecular weight is 266 g/mol. The number of aliphatic carboxylic acids is 1. The van der Waals surface area contributed by atoms with Crippen molar-refractivity contribution >= 4 is 11.7 Å². The topological polar surface area (TPSA) is 75.8 Å². The number of likely N-dealkylation sites (N-methyl/N-ethyl adjacent to an activating group) is 1. The first-order valence-electron chi connectivity index (χ1n) is 6.13. The Morgan fingerprint density at radius 2 is 2.00 bits per heavy atom. The van der Waals surface area contributed by atoms with Gasteiger partial charge in [0.25, 0.3) is 0 Å². The molecule has 1 unspecified atom stereocenters. The zero-order valence-electron chi connectivity index (χ0n) is 12.2. The molecule has 0 aromatic heterocycles. The Morgan fingerprint density at radius 1 is 1.42 bits per heavy atom. The standard InChI is InChI=1S/C14H22N2O3/c1-8-6-12(19-5)9(2)10(3)13(8)16(4)7-11(15)14(17)18/h6,11H,7,15H2,1-5H3,(H,17,18). The van der Waals surface area contributed by atoms with E-state index in [0.29, 0.717) is 0 Å². The van der Waals surface area contributed by atoms with E-state index in [2.05, 4.69) is 0 Å². The largest absolute Gasteiger partial charge is 0.496 e. The summed E-state index contributed by atoms with van der Waals surface area (Å²) in [6.07, 6.45) is 0. The summed E-state index contributed by atoms with van der Waals surface area (Å²) < 4.78 is 5.32. The van der Waals surface area contributed by atoms with Crippen LogP contribution in [0.2, 0.25) is 0 Å². The van der Waals surface area contributed by atoms with Crippen LogP contribution in [0.5, 0.6) is 5.75 Å². The van der Waals surface area contributed by atoms with Crippen molar-refractivity contribution in [1.29, 1.82) is 0 Å². The molecule has 0 spiro atoms. The highest BCUT2D eigenvalue weighted by molar-refractivity contribution is 5.74. The molecule has 1 aromatic carbocycles. The normalized spacial score (nSPS) is 12.1. The lowest BCUT2D eigenvalue weighted by Gasteiger charge is -2.27. The molecule has 0 aliphatic rings. The predicted octanol–water partition coefficient (Wildman–Crippen LogP) is 1.47. The van der Waals surface area contributed by atoms with Gasteiger partial charge in [-0.2, -0.15) is 0 Å². The molecule has 1 aromatic rings. The number of methoxy groups -OCH3 is 1. The molecule has 1 atom stereocenters. The van der Waals surface area contributed by atoms with Gasteiger partial charge in [-0.25, -0.2) is 0 Å². The third-order valence-corrected chi connectivity index (χ3v) is 3.40. The number of nitrogens with zero attached hydrogens (tertiary/aromatic N) is 1. The molecule has 0 heterocycles. The number of ether oxygens (including phenoxy) is 1. The molecule has 0 aliphatic heterocycles. The van der Waals surface area contributed by atoms with Gasteiger partial charge in [-0.05, 0) is 43.5 Å². The van der Waals surface area contributed by atoms with E-state index in [4.69, 9.17) is 15.6 Å². The maximum atomic E-state index is 10.8. The summed E-state index contributed by atoms with van der Waals surface area (Å²) >= 11 is 0. The lowest BCUT2D eigenvalue weighted by atomic mass is 10.0. The Balaban J connectivity index is 3.13. The van der Waals surface area contributed by atoms with E-state index in [9.17, 15) is 4.79 Å². The Bertz CT molecular complexity index is 486. The van der Waals surface area contributed by atoms with Gasteiger partial charge in [-0.15, -0.1) is 0 Å². The first-order chi connectivity index (χ1) is 8.79. The van der Waals surface area contributed by atoms with E-state index in [1.807, 2.05) is 38.8 Å². The van der Waals surface area contributed by atoms with Gasteiger partial charge in [-0.3, -0.25) is 4.79 Å². The minimum Gasteiger partial charge on any atom is -0.496 e. The molecule has 5 heteroatoms. The number of anilines is 1. The monoisotopic (exact) mass is 266 g/mol. The molecule has 0 saturated carbocycles. The van der Waals surface area contributed by atoms with Crippen LogP contribution in [-0.4, -0.2) is 37.8 Å². The number of hydrogen-bond donors (Lipinski definition) is 2. The van der Waals surface area contributed by atoms with E-state index in [-0.39, 0.29) is 6.54 Å². The second kappa shape index (κ2) is 5.93. The molecule has 0 fully saturated rings. The summed E-state index contributed by atoms with van der Waals surface area (Å²) in [4.78, 5) is 12.7. The zero-order chi connectivity index (χ0) is 14.7. The number of carboxylic acid groups (broad SMARTS) is 1. The minimum absolute atomic E-state index is 0.267. The van der Waals surface area contributed by atoms with Crippen molar-refractivity contribution < 1.29 is 14.6 Å². The summed E-state index contributed by atoms with van der Waals surface area (Å²) in [6.45, 7) is 6.24. The quantitative estimate of drug-likeness (QED) is 0.844. The van der Waals surface area contributed by atoms with Gasteiger partial charge < -0.3 is 20.5 Å². The fraction of sp³-hybridized carbons (Fsp3) is 0.500. The van der Waals surface area contributed by atoms with E-state index in [1.54, 1.807) is 7.11 Å². The molecule has 0 aliphatic carbocycles.